The highest BCUT2D eigenvalue weighted by Gasteiger charge is 2.10. The summed E-state index contributed by atoms with van der Waals surface area (Å²) in [5.74, 6) is 0.497. The van der Waals surface area contributed by atoms with Gasteiger partial charge in [-0.25, -0.2) is 14.8 Å². The van der Waals surface area contributed by atoms with Crippen molar-refractivity contribution in [3.05, 3.63) is 65.3 Å². The first-order valence-corrected chi connectivity index (χ1v) is 10.9. The molecule has 0 atom stereocenters. The van der Waals surface area contributed by atoms with Gasteiger partial charge in [-0.3, -0.25) is 5.32 Å². The smallest absolute Gasteiger partial charge is 0.320 e. The number of carbonyl (C=O) groups excluding carboxylic acids is 1. The van der Waals surface area contributed by atoms with Crippen LogP contribution < -0.4 is 10.6 Å². The highest BCUT2D eigenvalue weighted by atomic mass is 79.9. The summed E-state index contributed by atoms with van der Waals surface area (Å²) in [6, 6.07) is 1.54. The number of hydrogen-bond acceptors (Lipinski definition) is 4. The van der Waals surface area contributed by atoms with Gasteiger partial charge in [0, 0.05) is 33.9 Å². The van der Waals surface area contributed by atoms with Crippen LogP contribution in [0.25, 0.3) is 10.6 Å². The van der Waals surface area contributed by atoms with E-state index in [4.69, 9.17) is 0 Å². The van der Waals surface area contributed by atoms with E-state index in [0.717, 1.165) is 26.3 Å². The molecule has 0 aliphatic carbocycles. The monoisotopic (exact) mass is 480 g/mol. The van der Waals surface area contributed by atoms with Crippen molar-refractivity contribution in [3.8, 4) is 10.6 Å². The van der Waals surface area contributed by atoms with Gasteiger partial charge >= 0.3 is 6.03 Å². The minimum atomic E-state index is -0.265. The number of thiazole rings is 1. The van der Waals surface area contributed by atoms with E-state index >= 15 is 0 Å². The molecular weight excluding hydrogens is 448 g/mol. The number of halogens is 1. The predicted octanol–water partition coefficient (Wildman–Crippen LogP) is 7.38. The Balaban J connectivity index is 0. The molecule has 0 bridgehead atoms. The molecule has 29 heavy (non-hydrogen) atoms. The normalized spacial score (nSPS) is 8.52. The van der Waals surface area contributed by atoms with Crippen LogP contribution in [0.2, 0.25) is 0 Å². The maximum absolute atomic E-state index is 11.5. The molecule has 7 heteroatoms. The first-order chi connectivity index (χ1) is 13.8. The maximum atomic E-state index is 11.5. The van der Waals surface area contributed by atoms with Crippen molar-refractivity contribution >= 4 is 39.1 Å². The van der Waals surface area contributed by atoms with Gasteiger partial charge < -0.3 is 5.32 Å². The van der Waals surface area contributed by atoms with Crippen molar-refractivity contribution in [2.24, 2.45) is 0 Å². The summed E-state index contributed by atoms with van der Waals surface area (Å²) in [5, 5.41) is 8.22. The third-order valence-electron chi connectivity index (χ3n) is 2.63. The molecule has 0 saturated heterocycles. The number of aromatic nitrogens is 2. The van der Waals surface area contributed by atoms with E-state index in [-0.39, 0.29) is 6.03 Å². The molecule has 2 aromatic rings. The lowest BCUT2D eigenvalue weighted by Crippen LogP contribution is -2.28. The quantitative estimate of drug-likeness (QED) is 0.354. The van der Waals surface area contributed by atoms with Gasteiger partial charge in [-0.15, -0.1) is 17.9 Å². The van der Waals surface area contributed by atoms with Crippen LogP contribution in [0.5, 0.6) is 0 Å². The molecular formula is C22H33BrN4OS. The zero-order valence-corrected chi connectivity index (χ0v) is 20.7. The van der Waals surface area contributed by atoms with E-state index in [0.29, 0.717) is 12.4 Å². The van der Waals surface area contributed by atoms with Crippen LogP contribution in [-0.2, 0) is 0 Å². The Morgan fingerprint density at radius 2 is 1.90 bits per heavy atom. The minimum Gasteiger partial charge on any atom is -0.338 e. The van der Waals surface area contributed by atoms with E-state index in [9.17, 15) is 4.79 Å². The summed E-state index contributed by atoms with van der Waals surface area (Å²) in [4.78, 5) is 20.0. The highest BCUT2D eigenvalue weighted by Crippen LogP contribution is 2.31. The average Bonchev–Trinajstić information content (AvgIpc) is 3.12. The molecule has 0 unspecified atom stereocenters. The SMILES string of the molecule is C=CC.C=CC(=C)C.CC.CCNC(=O)Nc1cc(-c2nc(C)cs2)c(Br)cn1. The average molecular weight is 482 g/mol. The number of urea groups is 1. The van der Waals surface area contributed by atoms with Gasteiger partial charge in [0.15, 0.2) is 0 Å². The number of pyridine rings is 1. The number of allylic oxidation sites excluding steroid dienone is 3. The van der Waals surface area contributed by atoms with Crippen LogP contribution in [0.4, 0.5) is 10.6 Å². The summed E-state index contributed by atoms with van der Waals surface area (Å²) in [6.07, 6.45) is 5.13. The molecule has 0 fully saturated rings. The summed E-state index contributed by atoms with van der Waals surface area (Å²) < 4.78 is 0.850. The van der Waals surface area contributed by atoms with Gasteiger partial charge in [0.1, 0.15) is 10.8 Å². The number of hydrogen-bond donors (Lipinski definition) is 2. The molecule has 2 heterocycles. The number of anilines is 1. The Labute approximate surface area is 188 Å². The van der Waals surface area contributed by atoms with Crippen LogP contribution in [0, 0.1) is 6.92 Å². The van der Waals surface area contributed by atoms with Crippen molar-refractivity contribution in [2.45, 2.75) is 41.5 Å². The number of rotatable bonds is 4. The second kappa shape index (κ2) is 17.8. The summed E-state index contributed by atoms with van der Waals surface area (Å²) >= 11 is 5.01. The summed E-state index contributed by atoms with van der Waals surface area (Å²) in [7, 11) is 0. The molecule has 0 saturated carbocycles. The zero-order valence-electron chi connectivity index (χ0n) is 18.3. The Hall–Kier alpha value is -2.25. The van der Waals surface area contributed by atoms with Crippen molar-refractivity contribution < 1.29 is 4.79 Å². The molecule has 0 spiro atoms. The van der Waals surface area contributed by atoms with Gasteiger partial charge in [-0.1, -0.05) is 44.7 Å². The lowest BCUT2D eigenvalue weighted by Gasteiger charge is -2.07. The molecule has 0 aliphatic rings. The van der Waals surface area contributed by atoms with Crippen LogP contribution in [0.3, 0.4) is 0 Å². The first kappa shape index (κ1) is 29.0. The lowest BCUT2D eigenvalue weighted by atomic mass is 10.2. The van der Waals surface area contributed by atoms with Crippen molar-refractivity contribution in [2.75, 3.05) is 11.9 Å². The van der Waals surface area contributed by atoms with Gasteiger partial charge in [0.05, 0.1) is 0 Å². The second-order valence-corrected chi connectivity index (χ2v) is 7.00. The summed E-state index contributed by atoms with van der Waals surface area (Å²) in [6.45, 7) is 22.6. The highest BCUT2D eigenvalue weighted by molar-refractivity contribution is 9.10. The van der Waals surface area contributed by atoms with Crippen LogP contribution in [0.1, 0.15) is 40.3 Å². The number of carbonyl (C=O) groups is 1. The van der Waals surface area contributed by atoms with E-state index < -0.39 is 0 Å². The maximum Gasteiger partial charge on any atom is 0.320 e. The second-order valence-electron chi connectivity index (χ2n) is 5.29. The zero-order chi connectivity index (χ0) is 22.8. The molecule has 5 nitrogen and oxygen atoms in total. The number of aryl methyl sites for hydroxylation is 1. The number of amides is 2. The number of nitrogens with one attached hydrogen (secondary N) is 2. The fourth-order valence-electron chi connectivity index (χ4n) is 1.47. The van der Waals surface area contributed by atoms with Crippen molar-refractivity contribution in [1.29, 1.82) is 0 Å². The Morgan fingerprint density at radius 3 is 2.31 bits per heavy atom. The lowest BCUT2D eigenvalue weighted by molar-refractivity contribution is 0.252. The standard InChI is InChI=1S/C12H13BrN4OS.C5H8.C3H6.C2H6/c1-3-14-12(18)17-10-4-8(9(13)5-15-10)11-16-7(2)6-19-11;1-4-5(2)3;1-3-2;1-2/h4-6H,3H2,1-2H3,(H2,14,15,17,18);4H,1-2H2,3H3;3H,1H2,2H3;1-2H3. The van der Waals surface area contributed by atoms with Crippen molar-refractivity contribution in [3.63, 3.8) is 0 Å². The minimum absolute atomic E-state index is 0.265. The summed E-state index contributed by atoms with van der Waals surface area (Å²) in [5.41, 5.74) is 2.91. The molecule has 2 rings (SSSR count). The van der Waals surface area contributed by atoms with Gasteiger partial charge in [-0.05, 0) is 49.7 Å². The van der Waals surface area contributed by atoms with Gasteiger partial charge in [0.2, 0.25) is 0 Å². The van der Waals surface area contributed by atoms with Crippen LogP contribution >= 0.6 is 27.3 Å². The molecule has 2 amide bonds. The Morgan fingerprint density at radius 1 is 1.34 bits per heavy atom. The Kier molecular flexibility index (Phi) is 17.8. The molecule has 160 valence electrons. The van der Waals surface area contributed by atoms with Gasteiger partial charge in [-0.2, -0.15) is 0 Å². The van der Waals surface area contributed by atoms with Crippen LogP contribution in [-0.4, -0.2) is 22.5 Å². The van der Waals surface area contributed by atoms with Crippen molar-refractivity contribution in [1.82, 2.24) is 15.3 Å². The Bertz CT molecular complexity index is 772. The van der Waals surface area contributed by atoms with E-state index in [1.807, 2.05) is 46.9 Å². The third-order valence-corrected chi connectivity index (χ3v) is 4.26. The largest absolute Gasteiger partial charge is 0.338 e. The molecule has 0 radical (unpaired) electrons. The molecule has 2 N–H and O–H groups in total. The fourth-order valence-corrected chi connectivity index (χ4v) is 2.83. The first-order valence-electron chi connectivity index (χ1n) is 9.26. The topological polar surface area (TPSA) is 66.9 Å². The number of nitrogens with zero attached hydrogens (tertiary/aromatic N) is 2. The molecule has 0 aliphatic heterocycles. The van der Waals surface area contributed by atoms with Crippen LogP contribution in [0.15, 0.2) is 59.6 Å². The molecule has 0 aromatic carbocycles. The van der Waals surface area contributed by atoms with Gasteiger partial charge in [0.25, 0.3) is 0 Å². The van der Waals surface area contributed by atoms with E-state index in [1.54, 1.807) is 35.8 Å². The van der Waals surface area contributed by atoms with E-state index in [2.05, 4.69) is 56.3 Å². The molecule has 2 aromatic heterocycles. The van der Waals surface area contributed by atoms with E-state index in [1.165, 1.54) is 0 Å². The predicted molar refractivity (Wildman–Crippen MR) is 133 cm³/mol. The third kappa shape index (κ3) is 13.5. The fraction of sp³-hybridized carbons (Fsp3) is 0.318.